The number of nitriles is 1. The Morgan fingerprint density at radius 1 is 1.11 bits per heavy atom. The molecule has 3 rings (SSSR count). The Morgan fingerprint density at radius 2 is 1.75 bits per heavy atom. The zero-order chi connectivity index (χ0) is 20.1. The second kappa shape index (κ2) is 9.00. The largest absolute Gasteiger partial charge is 0.322 e. The Morgan fingerprint density at radius 3 is 2.43 bits per heavy atom. The van der Waals surface area contributed by atoms with Crippen LogP contribution in [-0.4, -0.2) is 32.0 Å². The number of anilines is 2. The van der Waals surface area contributed by atoms with Crippen molar-refractivity contribution >= 4 is 33.8 Å². The molecule has 0 fully saturated rings. The van der Waals surface area contributed by atoms with E-state index in [1.54, 1.807) is 7.05 Å². The maximum atomic E-state index is 12.4. The van der Waals surface area contributed by atoms with Gasteiger partial charge in [-0.15, -0.1) is 11.3 Å². The summed E-state index contributed by atoms with van der Waals surface area (Å²) in [6.07, 6.45) is 4.12. The number of benzene rings is 1. The molecule has 3 N–H and O–H groups in total. The highest BCUT2D eigenvalue weighted by Gasteiger charge is 2.23. The fraction of sp³-hybridized carbons (Fsp3) is 0.381. The Bertz CT molecular complexity index is 912. The van der Waals surface area contributed by atoms with Crippen LogP contribution in [0.1, 0.15) is 34.4 Å². The number of carbonyl (C=O) groups is 2. The van der Waals surface area contributed by atoms with E-state index in [0.29, 0.717) is 10.6 Å². The highest BCUT2D eigenvalue weighted by atomic mass is 32.1. The van der Waals surface area contributed by atoms with Gasteiger partial charge < -0.3 is 15.5 Å². The van der Waals surface area contributed by atoms with Gasteiger partial charge in [0.15, 0.2) is 13.1 Å². The lowest BCUT2D eigenvalue weighted by Gasteiger charge is -2.13. The molecule has 2 amide bonds. The van der Waals surface area contributed by atoms with Gasteiger partial charge in [-0.1, -0.05) is 17.7 Å². The van der Waals surface area contributed by atoms with Crippen molar-refractivity contribution in [2.24, 2.45) is 0 Å². The van der Waals surface area contributed by atoms with Gasteiger partial charge in [-0.3, -0.25) is 9.59 Å². The van der Waals surface area contributed by atoms with Crippen molar-refractivity contribution in [2.45, 2.75) is 32.6 Å². The molecule has 1 heterocycles. The highest BCUT2D eigenvalue weighted by Crippen LogP contribution is 2.37. The number of amides is 2. The van der Waals surface area contributed by atoms with Crippen molar-refractivity contribution in [3.05, 3.63) is 45.8 Å². The monoisotopic (exact) mass is 397 g/mol. The van der Waals surface area contributed by atoms with Crippen molar-refractivity contribution in [3.8, 4) is 6.07 Å². The Kier molecular flexibility index (Phi) is 6.45. The molecule has 146 valence electrons. The number of quaternary nitrogens is 1. The van der Waals surface area contributed by atoms with E-state index in [1.165, 1.54) is 16.2 Å². The van der Waals surface area contributed by atoms with Crippen molar-refractivity contribution in [2.75, 3.05) is 30.8 Å². The molecule has 6 nitrogen and oxygen atoms in total. The maximum absolute atomic E-state index is 12.4. The molecular formula is C21H25N4O2S+. The summed E-state index contributed by atoms with van der Waals surface area (Å²) in [5.41, 5.74) is 3.59. The summed E-state index contributed by atoms with van der Waals surface area (Å²) in [6.45, 7) is 2.34. The lowest BCUT2D eigenvalue weighted by atomic mass is 9.96. The zero-order valence-corrected chi connectivity index (χ0v) is 17.0. The fourth-order valence-electron chi connectivity index (χ4n) is 3.40. The molecule has 0 radical (unpaired) electrons. The van der Waals surface area contributed by atoms with Crippen LogP contribution in [0.25, 0.3) is 0 Å². The first-order valence-electron chi connectivity index (χ1n) is 9.48. The topological polar surface area (TPSA) is 86.4 Å². The van der Waals surface area contributed by atoms with Crippen LogP contribution in [0, 0.1) is 18.3 Å². The van der Waals surface area contributed by atoms with Gasteiger partial charge in [0.2, 0.25) is 0 Å². The molecule has 0 spiro atoms. The molecule has 0 bridgehead atoms. The number of rotatable bonds is 6. The van der Waals surface area contributed by atoms with Crippen molar-refractivity contribution in [3.63, 3.8) is 0 Å². The summed E-state index contributed by atoms with van der Waals surface area (Å²) in [5, 5.41) is 15.9. The number of hydrogen-bond donors (Lipinski definition) is 3. The Balaban J connectivity index is 1.53. The quantitative estimate of drug-likeness (QED) is 0.696. The Labute approximate surface area is 169 Å². The number of nitrogens with one attached hydrogen (secondary N) is 3. The van der Waals surface area contributed by atoms with Crippen LogP contribution >= 0.6 is 11.3 Å². The predicted molar refractivity (Wildman–Crippen MR) is 111 cm³/mol. The predicted octanol–water partition coefficient (Wildman–Crippen LogP) is 1.90. The molecule has 7 heteroatoms. The van der Waals surface area contributed by atoms with Gasteiger partial charge in [-0.2, -0.15) is 5.26 Å². The van der Waals surface area contributed by atoms with Crippen LogP contribution < -0.4 is 15.5 Å². The third-order valence-electron chi connectivity index (χ3n) is 4.80. The molecule has 1 unspecified atom stereocenters. The minimum Gasteiger partial charge on any atom is -0.322 e. The van der Waals surface area contributed by atoms with Crippen LogP contribution in [0.5, 0.6) is 0 Å². The Hall–Kier alpha value is -2.69. The number of thiophene rings is 1. The van der Waals surface area contributed by atoms with E-state index in [0.717, 1.165) is 47.4 Å². The number of nitrogens with zero attached hydrogens (tertiary/aromatic N) is 1. The normalized spacial score (nSPS) is 13.9. The van der Waals surface area contributed by atoms with E-state index in [1.807, 2.05) is 31.2 Å². The second-order valence-electron chi connectivity index (χ2n) is 7.30. The third-order valence-corrected chi connectivity index (χ3v) is 6.00. The van der Waals surface area contributed by atoms with Crippen LogP contribution in [0.15, 0.2) is 24.3 Å². The second-order valence-corrected chi connectivity index (χ2v) is 8.41. The summed E-state index contributed by atoms with van der Waals surface area (Å²) in [7, 11) is 1.80. The summed E-state index contributed by atoms with van der Waals surface area (Å²) >= 11 is 1.52. The van der Waals surface area contributed by atoms with Crippen molar-refractivity contribution < 1.29 is 14.5 Å². The molecule has 1 atom stereocenters. The first-order valence-corrected chi connectivity index (χ1v) is 10.3. The molecule has 0 aliphatic heterocycles. The SMILES string of the molecule is Cc1ccc(NC(=O)C[NH+](C)CC(=O)Nc2sc3c(c2C#N)CCCC3)cc1. The van der Waals surface area contributed by atoms with Crippen molar-refractivity contribution in [1.82, 2.24) is 0 Å². The standard InChI is InChI=1S/C21H24N4O2S/c1-14-7-9-15(10-8-14)23-19(26)12-25(2)13-20(27)24-21-17(11-22)16-5-3-4-6-18(16)28-21/h7-10H,3-6,12-13H2,1-2H3,(H,23,26)(H,24,27)/p+1. The molecule has 2 aromatic rings. The number of hydrogen-bond acceptors (Lipinski definition) is 4. The van der Waals surface area contributed by atoms with E-state index in [-0.39, 0.29) is 24.9 Å². The maximum Gasteiger partial charge on any atom is 0.280 e. The fourth-order valence-corrected chi connectivity index (χ4v) is 4.65. The van der Waals surface area contributed by atoms with Gasteiger partial charge >= 0.3 is 0 Å². The summed E-state index contributed by atoms with van der Waals surface area (Å²) in [4.78, 5) is 26.6. The average molecular weight is 398 g/mol. The van der Waals surface area contributed by atoms with Gasteiger partial charge in [0.1, 0.15) is 11.1 Å². The van der Waals surface area contributed by atoms with Gasteiger partial charge in [0.05, 0.1) is 12.6 Å². The first kappa shape index (κ1) is 20.1. The average Bonchev–Trinajstić information content (AvgIpc) is 3.00. The van der Waals surface area contributed by atoms with Gasteiger partial charge in [-0.25, -0.2) is 0 Å². The highest BCUT2D eigenvalue weighted by molar-refractivity contribution is 7.16. The zero-order valence-electron chi connectivity index (χ0n) is 16.2. The minimum absolute atomic E-state index is 0.140. The molecule has 1 aliphatic rings. The van der Waals surface area contributed by atoms with Crippen LogP contribution in [0.4, 0.5) is 10.7 Å². The number of fused-ring (bicyclic) bond motifs is 1. The molecule has 1 aliphatic carbocycles. The van der Waals surface area contributed by atoms with E-state index in [9.17, 15) is 14.9 Å². The van der Waals surface area contributed by atoms with Crippen LogP contribution in [-0.2, 0) is 22.4 Å². The lowest BCUT2D eigenvalue weighted by Crippen LogP contribution is -3.11. The molecule has 28 heavy (non-hydrogen) atoms. The van der Waals surface area contributed by atoms with E-state index in [2.05, 4.69) is 16.7 Å². The third kappa shape index (κ3) is 4.97. The molecular weight excluding hydrogens is 372 g/mol. The molecule has 1 aromatic carbocycles. The van der Waals surface area contributed by atoms with Crippen LogP contribution in [0.3, 0.4) is 0 Å². The van der Waals surface area contributed by atoms with Crippen LogP contribution in [0.2, 0.25) is 0 Å². The number of carbonyl (C=O) groups excluding carboxylic acids is 2. The first-order chi connectivity index (χ1) is 13.5. The van der Waals surface area contributed by atoms with E-state index < -0.39 is 0 Å². The van der Waals surface area contributed by atoms with Crippen molar-refractivity contribution in [1.29, 1.82) is 5.26 Å². The molecule has 1 aromatic heterocycles. The molecule has 0 saturated heterocycles. The summed E-state index contributed by atoms with van der Waals surface area (Å²) in [6, 6.07) is 9.84. The summed E-state index contributed by atoms with van der Waals surface area (Å²) in [5.74, 6) is -0.325. The minimum atomic E-state index is -0.185. The van der Waals surface area contributed by atoms with Gasteiger partial charge in [-0.05, 0) is 50.3 Å². The lowest BCUT2D eigenvalue weighted by molar-refractivity contribution is -0.862. The smallest absolute Gasteiger partial charge is 0.280 e. The summed E-state index contributed by atoms with van der Waals surface area (Å²) < 4.78 is 0. The van der Waals surface area contributed by atoms with E-state index >= 15 is 0 Å². The van der Waals surface area contributed by atoms with Gasteiger partial charge in [0.25, 0.3) is 11.8 Å². The number of aryl methyl sites for hydroxylation is 2. The number of likely N-dealkylation sites (N-methyl/N-ethyl adjacent to an activating group) is 1. The molecule has 0 saturated carbocycles. The van der Waals surface area contributed by atoms with E-state index in [4.69, 9.17) is 0 Å². The van der Waals surface area contributed by atoms with Gasteiger partial charge in [0, 0.05) is 10.6 Å².